The van der Waals surface area contributed by atoms with Crippen molar-refractivity contribution in [3.8, 4) is 5.69 Å². The molecule has 0 radical (unpaired) electrons. The zero-order valence-electron chi connectivity index (χ0n) is 18.0. The van der Waals surface area contributed by atoms with E-state index in [0.717, 1.165) is 17.4 Å². The van der Waals surface area contributed by atoms with E-state index in [0.29, 0.717) is 22.9 Å². The Morgan fingerprint density at radius 2 is 1.85 bits per heavy atom. The van der Waals surface area contributed by atoms with Crippen LogP contribution in [0, 0.1) is 5.82 Å². The van der Waals surface area contributed by atoms with E-state index < -0.39 is 17.1 Å². The number of carbonyl (C=O) groups is 1. The lowest BCUT2D eigenvalue weighted by Gasteiger charge is -2.15. The largest absolute Gasteiger partial charge is 0.376 e. The lowest BCUT2D eigenvalue weighted by molar-refractivity contribution is 0.0947. The van der Waals surface area contributed by atoms with Crippen LogP contribution in [-0.2, 0) is 17.8 Å². The normalized spacial score (nSPS) is 15.8. The monoisotopic (exact) mass is 482 g/mol. The van der Waals surface area contributed by atoms with E-state index in [2.05, 4.69) is 4.98 Å². The first-order chi connectivity index (χ1) is 16.4. The van der Waals surface area contributed by atoms with E-state index in [1.807, 2.05) is 0 Å². The Kier molecular flexibility index (Phi) is 5.89. The predicted octanol–water partition coefficient (Wildman–Crippen LogP) is 3.20. The van der Waals surface area contributed by atoms with Crippen molar-refractivity contribution in [3.63, 3.8) is 0 Å². The van der Waals surface area contributed by atoms with Gasteiger partial charge in [-0.05, 0) is 61.4 Å². The summed E-state index contributed by atoms with van der Waals surface area (Å²) in [5.41, 5.74) is -0.188. The van der Waals surface area contributed by atoms with Gasteiger partial charge in [0.15, 0.2) is 16.9 Å². The first-order valence-corrected chi connectivity index (χ1v) is 11.2. The fraction of sp³-hybridized carbons (Fsp3) is 0.250. The molecule has 2 aromatic heterocycles. The molecule has 0 bridgehead atoms. The summed E-state index contributed by atoms with van der Waals surface area (Å²) in [4.78, 5) is 44.0. The number of halogens is 2. The van der Waals surface area contributed by atoms with Crippen molar-refractivity contribution in [2.24, 2.45) is 0 Å². The number of ether oxygens (including phenoxy) is 1. The van der Waals surface area contributed by atoms with Gasteiger partial charge in [0.25, 0.3) is 5.56 Å². The van der Waals surface area contributed by atoms with Crippen LogP contribution < -0.4 is 11.2 Å². The van der Waals surface area contributed by atoms with Crippen molar-refractivity contribution in [3.05, 3.63) is 92.1 Å². The summed E-state index contributed by atoms with van der Waals surface area (Å²) in [5.74, 6) is -0.708. The van der Waals surface area contributed by atoms with Crippen LogP contribution in [0.4, 0.5) is 4.39 Å². The summed E-state index contributed by atoms with van der Waals surface area (Å²) in [6.07, 6.45) is 2.67. The Hall–Kier alpha value is -3.56. The van der Waals surface area contributed by atoms with E-state index >= 15 is 0 Å². The van der Waals surface area contributed by atoms with Crippen molar-refractivity contribution < 1.29 is 13.9 Å². The number of ketones is 1. The molecule has 0 N–H and O–H groups in total. The van der Waals surface area contributed by atoms with Gasteiger partial charge in [0.05, 0.1) is 31.2 Å². The van der Waals surface area contributed by atoms with E-state index in [-0.39, 0.29) is 36.1 Å². The SMILES string of the molecule is O=C(Cn1cnc2c1c(=O)n(C[C@H]1CCCO1)c(=O)n2-c1ccc(F)cc1)c1ccc(Cl)cc1. The summed E-state index contributed by atoms with van der Waals surface area (Å²) in [7, 11) is 0. The molecule has 2 aromatic carbocycles. The number of aromatic nitrogens is 4. The second-order valence-electron chi connectivity index (χ2n) is 8.12. The van der Waals surface area contributed by atoms with Gasteiger partial charge < -0.3 is 9.30 Å². The molecular weight excluding hydrogens is 463 g/mol. The number of rotatable bonds is 6. The molecule has 1 aliphatic rings. The Bertz CT molecular complexity index is 1480. The van der Waals surface area contributed by atoms with Crippen LogP contribution in [0.5, 0.6) is 0 Å². The van der Waals surface area contributed by atoms with Gasteiger partial charge in [0.1, 0.15) is 5.82 Å². The van der Waals surface area contributed by atoms with Crippen molar-refractivity contribution in [2.75, 3.05) is 6.61 Å². The molecule has 0 spiro atoms. The van der Waals surface area contributed by atoms with Crippen LogP contribution in [0.1, 0.15) is 23.2 Å². The highest BCUT2D eigenvalue weighted by atomic mass is 35.5. The summed E-state index contributed by atoms with van der Waals surface area (Å²) >= 11 is 5.91. The summed E-state index contributed by atoms with van der Waals surface area (Å²) < 4.78 is 23.0. The molecule has 4 aromatic rings. The van der Waals surface area contributed by atoms with Crippen LogP contribution in [0.3, 0.4) is 0 Å². The van der Waals surface area contributed by atoms with Crippen LogP contribution >= 0.6 is 11.6 Å². The number of benzene rings is 2. The average molecular weight is 483 g/mol. The van der Waals surface area contributed by atoms with E-state index in [9.17, 15) is 18.8 Å². The van der Waals surface area contributed by atoms with Crippen molar-refractivity contribution >= 4 is 28.5 Å². The summed E-state index contributed by atoms with van der Waals surface area (Å²) in [5, 5.41) is 0.505. The lowest BCUT2D eigenvalue weighted by Crippen LogP contribution is -2.42. The molecule has 0 amide bonds. The molecule has 0 unspecified atom stereocenters. The molecule has 5 rings (SSSR count). The third-order valence-corrected chi connectivity index (χ3v) is 6.13. The van der Waals surface area contributed by atoms with E-state index in [4.69, 9.17) is 16.3 Å². The van der Waals surface area contributed by atoms with Crippen LogP contribution in [0.15, 0.2) is 64.4 Å². The minimum Gasteiger partial charge on any atom is -0.376 e. The molecule has 0 saturated carbocycles. The minimum absolute atomic E-state index is 0.0745. The molecule has 34 heavy (non-hydrogen) atoms. The zero-order valence-corrected chi connectivity index (χ0v) is 18.7. The number of imidazole rings is 1. The molecule has 1 atom stereocenters. The molecule has 0 aliphatic carbocycles. The lowest BCUT2D eigenvalue weighted by atomic mass is 10.1. The average Bonchev–Trinajstić information content (AvgIpc) is 3.49. The zero-order chi connectivity index (χ0) is 23.8. The Morgan fingerprint density at radius 3 is 2.53 bits per heavy atom. The molecule has 174 valence electrons. The predicted molar refractivity (Wildman–Crippen MR) is 124 cm³/mol. The maximum absolute atomic E-state index is 13.5. The standard InChI is InChI=1S/C24H20ClFN4O4/c25-16-5-3-15(4-6-16)20(31)13-28-14-27-22-21(28)23(32)29(12-19-2-1-11-34-19)24(33)30(22)18-9-7-17(26)8-10-18/h3-10,14,19H,1-2,11-13H2/t19-/m1/s1. The summed E-state index contributed by atoms with van der Waals surface area (Å²) in [6.45, 7) is 0.487. The third kappa shape index (κ3) is 4.08. The second-order valence-corrected chi connectivity index (χ2v) is 8.56. The second kappa shape index (κ2) is 9.00. The maximum Gasteiger partial charge on any atom is 0.337 e. The molecule has 10 heteroatoms. The number of hydrogen-bond donors (Lipinski definition) is 0. The fourth-order valence-electron chi connectivity index (χ4n) is 4.16. The van der Waals surface area contributed by atoms with Gasteiger partial charge in [-0.15, -0.1) is 0 Å². The fourth-order valence-corrected chi connectivity index (χ4v) is 4.28. The van der Waals surface area contributed by atoms with Crippen LogP contribution in [0.25, 0.3) is 16.9 Å². The first-order valence-electron chi connectivity index (χ1n) is 10.8. The van der Waals surface area contributed by atoms with Gasteiger partial charge in [0.2, 0.25) is 0 Å². The number of nitrogens with zero attached hydrogens (tertiary/aromatic N) is 4. The number of hydrogen-bond acceptors (Lipinski definition) is 5. The highest BCUT2D eigenvalue weighted by molar-refractivity contribution is 6.30. The smallest absolute Gasteiger partial charge is 0.337 e. The number of carbonyl (C=O) groups excluding carboxylic acids is 1. The Labute approximate surface area is 197 Å². The molecule has 1 saturated heterocycles. The van der Waals surface area contributed by atoms with E-state index in [1.165, 1.54) is 39.7 Å². The molecule has 1 fully saturated rings. The van der Waals surface area contributed by atoms with Crippen molar-refractivity contribution in [1.82, 2.24) is 18.7 Å². The van der Waals surface area contributed by atoms with Gasteiger partial charge in [-0.1, -0.05) is 11.6 Å². The third-order valence-electron chi connectivity index (χ3n) is 5.88. The highest BCUT2D eigenvalue weighted by Gasteiger charge is 2.24. The van der Waals surface area contributed by atoms with Crippen molar-refractivity contribution in [2.45, 2.75) is 32.0 Å². The Balaban J connectivity index is 1.66. The molecule has 3 heterocycles. The topological polar surface area (TPSA) is 88.1 Å². The van der Waals surface area contributed by atoms with Gasteiger partial charge in [0, 0.05) is 17.2 Å². The number of fused-ring (bicyclic) bond motifs is 1. The number of Topliss-reactive ketones (excluding diaryl/α,β-unsaturated/α-hetero) is 1. The molecule has 8 nitrogen and oxygen atoms in total. The van der Waals surface area contributed by atoms with Gasteiger partial charge in [-0.25, -0.2) is 18.7 Å². The Morgan fingerprint density at radius 1 is 1.12 bits per heavy atom. The molecule has 1 aliphatic heterocycles. The van der Waals surface area contributed by atoms with Crippen molar-refractivity contribution in [1.29, 1.82) is 0 Å². The first kappa shape index (κ1) is 22.2. The van der Waals surface area contributed by atoms with E-state index in [1.54, 1.807) is 24.3 Å². The highest BCUT2D eigenvalue weighted by Crippen LogP contribution is 2.17. The molecular formula is C24H20ClFN4O4. The minimum atomic E-state index is -0.603. The van der Waals surface area contributed by atoms with Crippen LogP contribution in [-0.4, -0.2) is 37.2 Å². The quantitative estimate of drug-likeness (QED) is 0.394. The van der Waals surface area contributed by atoms with Gasteiger partial charge in [-0.3, -0.25) is 14.2 Å². The maximum atomic E-state index is 13.5. The summed E-state index contributed by atoms with van der Waals surface area (Å²) in [6, 6.07) is 11.8. The van der Waals surface area contributed by atoms with Crippen LogP contribution in [0.2, 0.25) is 5.02 Å². The van der Waals surface area contributed by atoms with Gasteiger partial charge in [-0.2, -0.15) is 0 Å². The van der Waals surface area contributed by atoms with Gasteiger partial charge >= 0.3 is 5.69 Å².